The molecule has 3 rings (SSSR count). The quantitative estimate of drug-likeness (QED) is 0.873. The van der Waals surface area contributed by atoms with Crippen molar-refractivity contribution >= 4 is 11.8 Å². The first-order chi connectivity index (χ1) is 12.0. The maximum absolute atomic E-state index is 12.4. The number of rotatable bonds is 5. The zero-order valence-electron chi connectivity index (χ0n) is 14.8. The van der Waals surface area contributed by atoms with Crippen molar-refractivity contribution < 1.29 is 14.3 Å². The van der Waals surface area contributed by atoms with Gasteiger partial charge in [0.15, 0.2) is 6.61 Å². The van der Waals surface area contributed by atoms with E-state index in [4.69, 9.17) is 10.5 Å². The number of amides is 2. The van der Waals surface area contributed by atoms with E-state index in [0.717, 1.165) is 43.5 Å². The van der Waals surface area contributed by atoms with Gasteiger partial charge in [0, 0.05) is 19.1 Å². The standard InChI is InChI=1S/C19H27N3O3/c1-14-4-6-16(7-5-14)25-13-18(23)21-11-8-15(9-12-21)22-10-2-3-17(22)19(20)24/h4-7,15,17H,2-3,8-13H2,1H3,(H2,20,24). The first-order valence-corrected chi connectivity index (χ1v) is 9.07. The molecule has 6 nitrogen and oxygen atoms in total. The Kier molecular flexibility index (Phi) is 5.58. The number of primary amides is 1. The minimum Gasteiger partial charge on any atom is -0.484 e. The highest BCUT2D eigenvalue weighted by Gasteiger charge is 2.36. The van der Waals surface area contributed by atoms with E-state index in [2.05, 4.69) is 4.90 Å². The monoisotopic (exact) mass is 345 g/mol. The molecule has 136 valence electrons. The third-order valence-corrected chi connectivity index (χ3v) is 5.29. The molecule has 1 atom stereocenters. The van der Waals surface area contributed by atoms with E-state index in [-0.39, 0.29) is 24.5 Å². The summed E-state index contributed by atoms with van der Waals surface area (Å²) in [6.07, 6.45) is 3.66. The number of piperidine rings is 1. The number of hydrogen-bond acceptors (Lipinski definition) is 4. The Morgan fingerprint density at radius 2 is 1.80 bits per heavy atom. The molecule has 6 heteroatoms. The lowest BCUT2D eigenvalue weighted by atomic mass is 10.0. The van der Waals surface area contributed by atoms with Gasteiger partial charge in [-0.15, -0.1) is 0 Å². The van der Waals surface area contributed by atoms with Gasteiger partial charge in [-0.2, -0.15) is 0 Å². The summed E-state index contributed by atoms with van der Waals surface area (Å²) in [6, 6.07) is 7.92. The molecule has 0 saturated carbocycles. The summed E-state index contributed by atoms with van der Waals surface area (Å²) in [5, 5.41) is 0. The summed E-state index contributed by atoms with van der Waals surface area (Å²) < 4.78 is 5.59. The molecule has 2 N–H and O–H groups in total. The Balaban J connectivity index is 1.46. The molecule has 25 heavy (non-hydrogen) atoms. The molecule has 0 bridgehead atoms. The molecule has 2 heterocycles. The van der Waals surface area contributed by atoms with Crippen LogP contribution >= 0.6 is 0 Å². The number of aryl methyl sites for hydroxylation is 1. The SMILES string of the molecule is Cc1ccc(OCC(=O)N2CCC(N3CCCC3C(N)=O)CC2)cc1. The molecule has 2 aliphatic rings. The van der Waals surface area contributed by atoms with Gasteiger partial charge in [0.25, 0.3) is 5.91 Å². The van der Waals surface area contributed by atoms with Crippen molar-refractivity contribution in [2.45, 2.75) is 44.7 Å². The van der Waals surface area contributed by atoms with Crippen molar-refractivity contribution in [1.82, 2.24) is 9.80 Å². The topological polar surface area (TPSA) is 75.9 Å². The minimum absolute atomic E-state index is 0.0203. The van der Waals surface area contributed by atoms with Crippen LogP contribution in [0.5, 0.6) is 5.75 Å². The second kappa shape index (κ2) is 7.87. The number of nitrogens with zero attached hydrogens (tertiary/aromatic N) is 2. The van der Waals surface area contributed by atoms with Crippen molar-refractivity contribution in [3.63, 3.8) is 0 Å². The van der Waals surface area contributed by atoms with Crippen LogP contribution in [0.1, 0.15) is 31.2 Å². The van der Waals surface area contributed by atoms with Crippen molar-refractivity contribution in [3.8, 4) is 5.75 Å². The van der Waals surface area contributed by atoms with Crippen LogP contribution in [0, 0.1) is 6.92 Å². The Hall–Kier alpha value is -2.08. The third kappa shape index (κ3) is 4.31. The molecule has 2 fully saturated rings. The Labute approximate surface area is 148 Å². The van der Waals surface area contributed by atoms with Crippen LogP contribution in [0.4, 0.5) is 0 Å². The molecular weight excluding hydrogens is 318 g/mol. The van der Waals surface area contributed by atoms with Crippen LogP contribution in [0.3, 0.4) is 0 Å². The number of likely N-dealkylation sites (tertiary alicyclic amines) is 2. The lowest BCUT2D eigenvalue weighted by Crippen LogP contribution is -2.51. The highest BCUT2D eigenvalue weighted by molar-refractivity contribution is 5.80. The maximum atomic E-state index is 12.4. The molecule has 0 spiro atoms. The molecular formula is C19H27N3O3. The molecule has 0 radical (unpaired) electrons. The van der Waals surface area contributed by atoms with E-state index >= 15 is 0 Å². The smallest absolute Gasteiger partial charge is 0.260 e. The summed E-state index contributed by atoms with van der Waals surface area (Å²) in [5.41, 5.74) is 6.68. The van der Waals surface area contributed by atoms with Gasteiger partial charge in [-0.05, 0) is 51.3 Å². The highest BCUT2D eigenvalue weighted by Crippen LogP contribution is 2.26. The number of ether oxygens (including phenoxy) is 1. The van der Waals surface area contributed by atoms with Crippen molar-refractivity contribution in [2.75, 3.05) is 26.2 Å². The average molecular weight is 345 g/mol. The van der Waals surface area contributed by atoms with Crippen LogP contribution in [-0.4, -0.2) is 59.9 Å². The zero-order chi connectivity index (χ0) is 17.8. The molecule has 0 aliphatic carbocycles. The first-order valence-electron chi connectivity index (χ1n) is 9.07. The van der Waals surface area contributed by atoms with Crippen molar-refractivity contribution in [1.29, 1.82) is 0 Å². The second-order valence-corrected chi connectivity index (χ2v) is 7.01. The zero-order valence-corrected chi connectivity index (χ0v) is 14.8. The number of benzene rings is 1. The summed E-state index contributed by atoms with van der Waals surface area (Å²) in [5.74, 6) is 0.518. The fourth-order valence-corrected chi connectivity index (χ4v) is 3.85. The molecule has 1 aromatic rings. The number of carbonyl (C=O) groups excluding carboxylic acids is 2. The van der Waals surface area contributed by atoms with Gasteiger partial charge in [0.1, 0.15) is 5.75 Å². The summed E-state index contributed by atoms with van der Waals surface area (Å²) >= 11 is 0. The predicted molar refractivity (Wildman–Crippen MR) is 95.2 cm³/mol. The molecule has 2 amide bonds. The van der Waals surface area contributed by atoms with E-state index in [1.165, 1.54) is 0 Å². The van der Waals surface area contributed by atoms with Crippen LogP contribution in [0.15, 0.2) is 24.3 Å². The molecule has 1 unspecified atom stereocenters. The molecule has 1 aromatic carbocycles. The Morgan fingerprint density at radius 1 is 1.12 bits per heavy atom. The van der Waals surface area contributed by atoms with Gasteiger partial charge in [0.2, 0.25) is 5.91 Å². The van der Waals surface area contributed by atoms with E-state index < -0.39 is 0 Å². The van der Waals surface area contributed by atoms with Gasteiger partial charge in [0.05, 0.1) is 6.04 Å². The summed E-state index contributed by atoms with van der Waals surface area (Å²) in [4.78, 5) is 28.0. The van der Waals surface area contributed by atoms with Crippen LogP contribution < -0.4 is 10.5 Å². The van der Waals surface area contributed by atoms with Gasteiger partial charge < -0.3 is 15.4 Å². The molecule has 2 aliphatic heterocycles. The van der Waals surface area contributed by atoms with Crippen LogP contribution in [-0.2, 0) is 9.59 Å². The summed E-state index contributed by atoms with van der Waals surface area (Å²) in [6.45, 7) is 4.44. The predicted octanol–water partition coefficient (Wildman–Crippen LogP) is 1.31. The number of carbonyl (C=O) groups is 2. The molecule has 0 aromatic heterocycles. The average Bonchev–Trinajstić information content (AvgIpc) is 3.11. The fourth-order valence-electron chi connectivity index (χ4n) is 3.85. The van der Waals surface area contributed by atoms with Crippen LogP contribution in [0.2, 0.25) is 0 Å². The van der Waals surface area contributed by atoms with Gasteiger partial charge in [-0.3, -0.25) is 14.5 Å². The number of hydrogen-bond donors (Lipinski definition) is 1. The van der Waals surface area contributed by atoms with Crippen LogP contribution in [0.25, 0.3) is 0 Å². The van der Waals surface area contributed by atoms with Gasteiger partial charge in [-0.25, -0.2) is 0 Å². The lowest BCUT2D eigenvalue weighted by Gasteiger charge is -2.38. The van der Waals surface area contributed by atoms with E-state index in [1.807, 2.05) is 36.1 Å². The van der Waals surface area contributed by atoms with E-state index in [9.17, 15) is 9.59 Å². The van der Waals surface area contributed by atoms with E-state index in [1.54, 1.807) is 0 Å². The van der Waals surface area contributed by atoms with Crippen molar-refractivity contribution in [2.24, 2.45) is 5.73 Å². The highest BCUT2D eigenvalue weighted by atomic mass is 16.5. The fraction of sp³-hybridized carbons (Fsp3) is 0.579. The third-order valence-electron chi connectivity index (χ3n) is 5.29. The number of nitrogens with two attached hydrogens (primary N) is 1. The van der Waals surface area contributed by atoms with Gasteiger partial charge >= 0.3 is 0 Å². The largest absolute Gasteiger partial charge is 0.484 e. The van der Waals surface area contributed by atoms with Gasteiger partial charge in [-0.1, -0.05) is 17.7 Å². The van der Waals surface area contributed by atoms with E-state index in [0.29, 0.717) is 19.1 Å². The lowest BCUT2D eigenvalue weighted by molar-refractivity contribution is -0.135. The minimum atomic E-state index is -0.220. The summed E-state index contributed by atoms with van der Waals surface area (Å²) in [7, 11) is 0. The Bertz CT molecular complexity index is 609. The Morgan fingerprint density at radius 3 is 2.44 bits per heavy atom. The molecule has 2 saturated heterocycles. The second-order valence-electron chi connectivity index (χ2n) is 7.01. The first kappa shape index (κ1) is 17.7. The normalized spacial score (nSPS) is 22.1. The van der Waals surface area contributed by atoms with Crippen molar-refractivity contribution in [3.05, 3.63) is 29.8 Å². The maximum Gasteiger partial charge on any atom is 0.260 e.